The molecule has 0 radical (unpaired) electrons. The zero-order valence-corrected chi connectivity index (χ0v) is 13.2. The molecule has 0 fully saturated rings. The van der Waals surface area contributed by atoms with Crippen LogP contribution in [0.1, 0.15) is 36.5 Å². The molecule has 20 heavy (non-hydrogen) atoms. The monoisotopic (exact) mass is 342 g/mol. The lowest BCUT2D eigenvalue weighted by Gasteiger charge is -2.18. The number of rotatable bonds is 6. The average molecular weight is 343 g/mol. The van der Waals surface area contributed by atoms with Crippen molar-refractivity contribution >= 4 is 33.6 Å². The van der Waals surface area contributed by atoms with Gasteiger partial charge in [-0.25, -0.2) is 9.59 Å². The highest BCUT2D eigenvalue weighted by Gasteiger charge is 2.12. The molecule has 0 aliphatic rings. The maximum absolute atomic E-state index is 11.9. The molecule has 2 amide bonds. The van der Waals surface area contributed by atoms with Gasteiger partial charge in [0.05, 0.1) is 5.56 Å². The molecule has 6 heteroatoms. The topological polar surface area (TPSA) is 69.6 Å². The number of carboxylic acid groups (broad SMARTS) is 1. The van der Waals surface area contributed by atoms with Gasteiger partial charge < -0.3 is 15.3 Å². The van der Waals surface area contributed by atoms with E-state index in [1.54, 1.807) is 24.1 Å². The van der Waals surface area contributed by atoms with Crippen molar-refractivity contribution in [3.63, 3.8) is 0 Å². The Bertz CT molecular complexity index is 491. The van der Waals surface area contributed by atoms with Crippen LogP contribution in [0.2, 0.25) is 0 Å². The highest BCUT2D eigenvalue weighted by molar-refractivity contribution is 9.10. The molecule has 1 aromatic rings. The molecule has 0 saturated carbocycles. The number of halogens is 1. The van der Waals surface area contributed by atoms with E-state index < -0.39 is 5.97 Å². The number of carbonyl (C=O) groups excluding carboxylic acids is 1. The minimum atomic E-state index is -1.04. The Balaban J connectivity index is 2.66. The van der Waals surface area contributed by atoms with Crippen LogP contribution in [0.25, 0.3) is 0 Å². The molecular formula is C14H19BrN2O3. The maximum Gasteiger partial charge on any atom is 0.336 e. The van der Waals surface area contributed by atoms with Crippen molar-refractivity contribution in [2.24, 2.45) is 0 Å². The quantitative estimate of drug-likeness (QED) is 0.772. The van der Waals surface area contributed by atoms with Gasteiger partial charge >= 0.3 is 12.0 Å². The van der Waals surface area contributed by atoms with Crippen molar-refractivity contribution < 1.29 is 14.7 Å². The lowest BCUT2D eigenvalue weighted by atomic mass is 10.2. The van der Waals surface area contributed by atoms with Gasteiger partial charge in [0.2, 0.25) is 0 Å². The van der Waals surface area contributed by atoms with Gasteiger partial charge in [0.25, 0.3) is 0 Å². The molecule has 0 spiro atoms. The molecule has 0 aromatic heterocycles. The molecule has 0 atom stereocenters. The lowest BCUT2D eigenvalue weighted by Crippen LogP contribution is -2.32. The fourth-order valence-corrected chi connectivity index (χ4v) is 2.10. The highest BCUT2D eigenvalue weighted by Crippen LogP contribution is 2.21. The standard InChI is InChI=1S/C14H19BrN2O3/c1-3-4-5-8-17(2)14(20)16-10-6-7-12(15)11(9-10)13(18)19/h6-7,9H,3-5,8H2,1-2H3,(H,16,20)(H,18,19). The predicted molar refractivity (Wildman–Crippen MR) is 82.3 cm³/mol. The number of hydrogen-bond acceptors (Lipinski definition) is 2. The number of amides is 2. The summed E-state index contributed by atoms with van der Waals surface area (Å²) in [6.07, 6.45) is 3.14. The molecule has 1 rings (SSSR count). The first-order valence-corrected chi connectivity index (χ1v) is 7.30. The molecule has 0 aliphatic heterocycles. The first kappa shape index (κ1) is 16.5. The van der Waals surface area contributed by atoms with E-state index >= 15 is 0 Å². The predicted octanol–water partition coefficient (Wildman–Crippen LogP) is 3.80. The van der Waals surface area contributed by atoms with Crippen molar-refractivity contribution in [3.8, 4) is 0 Å². The number of benzene rings is 1. The zero-order chi connectivity index (χ0) is 15.1. The summed E-state index contributed by atoms with van der Waals surface area (Å²) >= 11 is 3.16. The minimum absolute atomic E-state index is 0.122. The van der Waals surface area contributed by atoms with E-state index in [-0.39, 0.29) is 11.6 Å². The Morgan fingerprint density at radius 2 is 2.05 bits per heavy atom. The number of unbranched alkanes of at least 4 members (excludes halogenated alkanes) is 2. The van der Waals surface area contributed by atoms with Crippen molar-refractivity contribution in [3.05, 3.63) is 28.2 Å². The number of hydrogen-bond donors (Lipinski definition) is 2. The zero-order valence-electron chi connectivity index (χ0n) is 11.6. The van der Waals surface area contributed by atoms with Crippen molar-refractivity contribution in [1.82, 2.24) is 4.90 Å². The summed E-state index contributed by atoms with van der Waals surface area (Å²) in [7, 11) is 1.72. The number of aromatic carboxylic acids is 1. The number of carboxylic acids is 1. The SMILES string of the molecule is CCCCCN(C)C(=O)Nc1ccc(Br)c(C(=O)O)c1. The second kappa shape index (κ2) is 7.89. The molecule has 0 bridgehead atoms. The Labute approximate surface area is 127 Å². The van der Waals surface area contributed by atoms with E-state index in [1.165, 1.54) is 6.07 Å². The molecule has 0 heterocycles. The lowest BCUT2D eigenvalue weighted by molar-refractivity contribution is 0.0696. The molecule has 0 unspecified atom stereocenters. The third-order valence-corrected chi connectivity index (χ3v) is 3.58. The smallest absolute Gasteiger partial charge is 0.336 e. The molecule has 0 saturated heterocycles. The normalized spacial score (nSPS) is 10.2. The third kappa shape index (κ3) is 4.85. The number of nitrogens with zero attached hydrogens (tertiary/aromatic N) is 1. The highest BCUT2D eigenvalue weighted by atomic mass is 79.9. The van der Waals surface area contributed by atoms with Crippen LogP contribution in [0.15, 0.2) is 22.7 Å². The van der Waals surface area contributed by atoms with Crippen molar-refractivity contribution in [2.45, 2.75) is 26.2 Å². The second-order valence-corrected chi connectivity index (χ2v) is 5.41. The van der Waals surface area contributed by atoms with E-state index in [0.29, 0.717) is 16.7 Å². The second-order valence-electron chi connectivity index (χ2n) is 4.56. The van der Waals surface area contributed by atoms with E-state index in [1.807, 2.05) is 0 Å². The van der Waals surface area contributed by atoms with E-state index in [4.69, 9.17) is 5.11 Å². The van der Waals surface area contributed by atoms with Gasteiger partial charge in [-0.05, 0) is 40.5 Å². The van der Waals surface area contributed by atoms with Gasteiger partial charge in [-0.15, -0.1) is 0 Å². The van der Waals surface area contributed by atoms with E-state index in [9.17, 15) is 9.59 Å². The minimum Gasteiger partial charge on any atom is -0.478 e. The van der Waals surface area contributed by atoms with Crippen LogP contribution in [0.3, 0.4) is 0 Å². The number of carbonyl (C=O) groups is 2. The number of urea groups is 1. The summed E-state index contributed by atoms with van der Waals surface area (Å²) in [4.78, 5) is 24.5. The Hall–Kier alpha value is -1.56. The molecule has 2 N–H and O–H groups in total. The summed E-state index contributed by atoms with van der Waals surface area (Å²) in [5, 5.41) is 11.7. The van der Waals surface area contributed by atoms with Crippen LogP contribution in [0.5, 0.6) is 0 Å². The first-order chi connectivity index (χ1) is 9.45. The molecule has 5 nitrogen and oxygen atoms in total. The largest absolute Gasteiger partial charge is 0.478 e. The summed E-state index contributed by atoms with van der Waals surface area (Å²) in [5.41, 5.74) is 0.592. The molecule has 1 aromatic carbocycles. The Morgan fingerprint density at radius 1 is 1.35 bits per heavy atom. The van der Waals surface area contributed by atoms with Crippen molar-refractivity contribution in [1.29, 1.82) is 0 Å². The molecule has 110 valence electrons. The van der Waals surface area contributed by atoms with Gasteiger partial charge in [0, 0.05) is 23.8 Å². The molecule has 0 aliphatic carbocycles. The van der Waals surface area contributed by atoms with Crippen LogP contribution in [0, 0.1) is 0 Å². The maximum atomic E-state index is 11.9. The van der Waals surface area contributed by atoms with Crippen LogP contribution in [0.4, 0.5) is 10.5 Å². The molecular weight excluding hydrogens is 324 g/mol. The van der Waals surface area contributed by atoms with E-state index in [2.05, 4.69) is 28.2 Å². The van der Waals surface area contributed by atoms with Crippen LogP contribution in [-0.2, 0) is 0 Å². The average Bonchev–Trinajstić information content (AvgIpc) is 2.40. The van der Waals surface area contributed by atoms with Gasteiger partial charge in [-0.1, -0.05) is 19.8 Å². The fourth-order valence-electron chi connectivity index (χ4n) is 1.69. The van der Waals surface area contributed by atoms with Gasteiger partial charge in [0.15, 0.2) is 0 Å². The van der Waals surface area contributed by atoms with E-state index in [0.717, 1.165) is 19.3 Å². The van der Waals surface area contributed by atoms with Crippen LogP contribution < -0.4 is 5.32 Å². The first-order valence-electron chi connectivity index (χ1n) is 6.50. The summed E-state index contributed by atoms with van der Waals surface area (Å²) < 4.78 is 0.485. The van der Waals surface area contributed by atoms with Gasteiger partial charge in [0.1, 0.15) is 0 Å². The fraction of sp³-hybridized carbons (Fsp3) is 0.429. The summed E-state index contributed by atoms with van der Waals surface area (Å²) in [6, 6.07) is 4.47. The summed E-state index contributed by atoms with van der Waals surface area (Å²) in [5.74, 6) is -1.04. The Kier molecular flexibility index (Phi) is 6.51. The third-order valence-electron chi connectivity index (χ3n) is 2.89. The number of anilines is 1. The number of nitrogens with one attached hydrogen (secondary N) is 1. The van der Waals surface area contributed by atoms with Crippen LogP contribution >= 0.6 is 15.9 Å². The summed E-state index contributed by atoms with van der Waals surface area (Å²) in [6.45, 7) is 2.79. The van der Waals surface area contributed by atoms with Gasteiger partial charge in [-0.3, -0.25) is 0 Å². The van der Waals surface area contributed by atoms with Crippen LogP contribution in [-0.4, -0.2) is 35.6 Å². The van der Waals surface area contributed by atoms with Crippen molar-refractivity contribution in [2.75, 3.05) is 18.9 Å². The Morgan fingerprint density at radius 3 is 2.65 bits per heavy atom. The van der Waals surface area contributed by atoms with Gasteiger partial charge in [-0.2, -0.15) is 0 Å².